The first kappa shape index (κ1) is 14.0. The lowest BCUT2D eigenvalue weighted by atomic mass is 10.2. The summed E-state index contributed by atoms with van der Waals surface area (Å²) in [4.78, 5) is 16.4. The molecule has 0 aliphatic heterocycles. The third kappa shape index (κ3) is 3.20. The molecule has 0 fully saturated rings. The molecule has 0 aliphatic rings. The fourth-order valence-corrected chi connectivity index (χ4v) is 1.26. The molecule has 96 valence electrons. The topological polar surface area (TPSA) is 57.0 Å². The first-order valence-electron chi connectivity index (χ1n) is 5.09. The van der Waals surface area contributed by atoms with E-state index in [1.165, 1.54) is 4.90 Å². The summed E-state index contributed by atoms with van der Waals surface area (Å²) in [6.45, 7) is 1.83. The second-order valence-electron chi connectivity index (χ2n) is 3.41. The molecule has 1 amide bonds. The van der Waals surface area contributed by atoms with Crippen LogP contribution in [0.4, 0.5) is 13.2 Å². The minimum absolute atomic E-state index is 0.111. The monoisotopic (exact) mass is 257 g/mol. The van der Waals surface area contributed by atoms with E-state index in [0.717, 1.165) is 12.1 Å². The molecule has 0 saturated carbocycles. The molecule has 0 radical (unpaired) electrons. The Labute approximate surface area is 102 Å². The normalized spacial score (nSPS) is 10.8. The molecule has 1 aromatic rings. The van der Waals surface area contributed by atoms with Crippen molar-refractivity contribution >= 4 is 5.91 Å². The first-order chi connectivity index (χ1) is 8.40. The molecule has 1 aromatic heterocycles. The summed E-state index contributed by atoms with van der Waals surface area (Å²) in [5.74, 6) is -0.562. The third-order valence-corrected chi connectivity index (χ3v) is 2.24. The number of hydrogen-bond acceptors (Lipinski definition) is 3. The predicted molar refractivity (Wildman–Crippen MR) is 56.4 cm³/mol. The van der Waals surface area contributed by atoms with Crippen LogP contribution >= 0.6 is 0 Å². The molecule has 0 N–H and O–H groups in total. The van der Waals surface area contributed by atoms with Crippen LogP contribution in [0.25, 0.3) is 0 Å². The molecule has 1 rings (SSSR count). The lowest BCUT2D eigenvalue weighted by Gasteiger charge is -2.16. The van der Waals surface area contributed by atoms with Crippen LogP contribution in [0, 0.1) is 11.3 Å². The number of pyridine rings is 1. The largest absolute Gasteiger partial charge is 0.417 e. The Morgan fingerprint density at radius 2 is 2.17 bits per heavy atom. The minimum atomic E-state index is -4.48. The van der Waals surface area contributed by atoms with Gasteiger partial charge in [-0.1, -0.05) is 0 Å². The van der Waals surface area contributed by atoms with Crippen molar-refractivity contribution in [1.82, 2.24) is 9.88 Å². The van der Waals surface area contributed by atoms with Gasteiger partial charge in [0, 0.05) is 12.7 Å². The third-order valence-electron chi connectivity index (χ3n) is 2.24. The molecule has 0 saturated heterocycles. The number of amides is 1. The van der Waals surface area contributed by atoms with E-state index in [4.69, 9.17) is 5.26 Å². The van der Waals surface area contributed by atoms with Crippen molar-refractivity contribution in [2.75, 3.05) is 13.1 Å². The number of carbonyl (C=O) groups is 1. The van der Waals surface area contributed by atoms with Crippen molar-refractivity contribution in [1.29, 1.82) is 5.26 Å². The summed E-state index contributed by atoms with van der Waals surface area (Å²) < 4.78 is 36.9. The molecule has 0 aromatic carbocycles. The fourth-order valence-electron chi connectivity index (χ4n) is 1.26. The Hall–Kier alpha value is -2.10. The maximum Gasteiger partial charge on any atom is 0.417 e. The predicted octanol–water partition coefficient (Wildman–Crippen LogP) is 2.09. The maximum atomic E-state index is 12.3. The Morgan fingerprint density at radius 1 is 1.50 bits per heavy atom. The van der Waals surface area contributed by atoms with Gasteiger partial charge in [-0.25, -0.2) is 0 Å². The van der Waals surface area contributed by atoms with Crippen LogP contribution in [0.15, 0.2) is 18.3 Å². The average Bonchev–Trinajstić information content (AvgIpc) is 2.34. The average molecular weight is 257 g/mol. The molecule has 0 atom stereocenters. The van der Waals surface area contributed by atoms with E-state index < -0.39 is 17.6 Å². The zero-order valence-electron chi connectivity index (χ0n) is 9.53. The fraction of sp³-hybridized carbons (Fsp3) is 0.364. The summed E-state index contributed by atoms with van der Waals surface area (Å²) in [5, 5.41) is 8.50. The highest BCUT2D eigenvalue weighted by Gasteiger charge is 2.31. The van der Waals surface area contributed by atoms with Crippen LogP contribution in [0.1, 0.15) is 23.0 Å². The lowest BCUT2D eigenvalue weighted by molar-refractivity contribution is -0.137. The maximum absolute atomic E-state index is 12.3. The van der Waals surface area contributed by atoms with Gasteiger partial charge in [-0.3, -0.25) is 9.78 Å². The van der Waals surface area contributed by atoms with E-state index >= 15 is 0 Å². The van der Waals surface area contributed by atoms with Gasteiger partial charge in [-0.2, -0.15) is 18.4 Å². The number of alkyl halides is 3. The van der Waals surface area contributed by atoms with Crippen LogP contribution in [-0.2, 0) is 6.18 Å². The molecule has 0 spiro atoms. The van der Waals surface area contributed by atoms with Crippen LogP contribution in [0.3, 0.4) is 0 Å². The van der Waals surface area contributed by atoms with Gasteiger partial charge < -0.3 is 4.90 Å². The van der Waals surface area contributed by atoms with Gasteiger partial charge in [-0.15, -0.1) is 0 Å². The summed E-state index contributed by atoms with van der Waals surface area (Å²) in [6, 6.07) is 3.60. The summed E-state index contributed by atoms with van der Waals surface area (Å²) >= 11 is 0. The van der Waals surface area contributed by atoms with Gasteiger partial charge in [0.25, 0.3) is 5.91 Å². The van der Waals surface area contributed by atoms with Crippen molar-refractivity contribution in [3.05, 3.63) is 29.6 Å². The van der Waals surface area contributed by atoms with Gasteiger partial charge >= 0.3 is 6.18 Å². The van der Waals surface area contributed by atoms with Crippen molar-refractivity contribution in [2.45, 2.75) is 13.1 Å². The zero-order chi connectivity index (χ0) is 13.8. The minimum Gasteiger partial charge on any atom is -0.324 e. The SMILES string of the molecule is CCN(CC#N)C(=O)c1ccc(C(F)(F)F)cn1. The molecule has 0 unspecified atom stereocenters. The van der Waals surface area contributed by atoms with Crippen LogP contribution in [0.5, 0.6) is 0 Å². The molecule has 18 heavy (non-hydrogen) atoms. The Morgan fingerprint density at radius 3 is 2.56 bits per heavy atom. The van der Waals surface area contributed by atoms with E-state index in [2.05, 4.69) is 4.98 Å². The van der Waals surface area contributed by atoms with Gasteiger partial charge in [0.1, 0.15) is 12.2 Å². The van der Waals surface area contributed by atoms with Gasteiger partial charge in [0.15, 0.2) is 0 Å². The van der Waals surface area contributed by atoms with Crippen LogP contribution in [-0.4, -0.2) is 28.9 Å². The lowest BCUT2D eigenvalue weighted by Crippen LogP contribution is -2.31. The highest BCUT2D eigenvalue weighted by Crippen LogP contribution is 2.28. The highest BCUT2D eigenvalue weighted by atomic mass is 19.4. The smallest absolute Gasteiger partial charge is 0.324 e. The van der Waals surface area contributed by atoms with Gasteiger partial charge in [0.2, 0.25) is 0 Å². The van der Waals surface area contributed by atoms with E-state index in [9.17, 15) is 18.0 Å². The molecule has 0 bridgehead atoms. The molecule has 0 aliphatic carbocycles. The molecule has 4 nitrogen and oxygen atoms in total. The van der Waals surface area contributed by atoms with E-state index in [0.29, 0.717) is 6.20 Å². The van der Waals surface area contributed by atoms with Crippen LogP contribution < -0.4 is 0 Å². The number of nitriles is 1. The molecular formula is C11H10F3N3O. The number of aromatic nitrogens is 1. The Balaban J connectivity index is 2.92. The zero-order valence-corrected chi connectivity index (χ0v) is 9.53. The molecular weight excluding hydrogens is 247 g/mol. The molecule has 1 heterocycles. The van der Waals surface area contributed by atoms with Crippen molar-refractivity contribution < 1.29 is 18.0 Å². The quantitative estimate of drug-likeness (QED) is 0.779. The summed E-state index contributed by atoms with van der Waals surface area (Å²) in [7, 11) is 0. The van der Waals surface area contributed by atoms with E-state index in [1.807, 2.05) is 0 Å². The van der Waals surface area contributed by atoms with Gasteiger partial charge in [0.05, 0.1) is 11.6 Å². The standard InChI is InChI=1S/C11H10F3N3O/c1-2-17(6-5-15)10(18)9-4-3-8(7-16-9)11(12,13)14/h3-4,7H,2,6H2,1H3. The molecule has 7 heteroatoms. The van der Waals surface area contributed by atoms with Crippen molar-refractivity contribution in [3.8, 4) is 6.07 Å². The van der Waals surface area contributed by atoms with Gasteiger partial charge in [-0.05, 0) is 19.1 Å². The summed E-state index contributed by atoms with van der Waals surface area (Å²) in [6.07, 6.45) is -3.88. The number of nitrogens with zero attached hydrogens (tertiary/aromatic N) is 3. The Kier molecular flexibility index (Phi) is 4.26. The van der Waals surface area contributed by atoms with Crippen LogP contribution in [0.2, 0.25) is 0 Å². The second-order valence-corrected chi connectivity index (χ2v) is 3.41. The number of rotatable bonds is 3. The van der Waals surface area contributed by atoms with E-state index in [1.54, 1.807) is 13.0 Å². The van der Waals surface area contributed by atoms with E-state index in [-0.39, 0.29) is 18.8 Å². The summed E-state index contributed by atoms with van der Waals surface area (Å²) in [5.41, 5.74) is -1.03. The highest BCUT2D eigenvalue weighted by molar-refractivity contribution is 5.92. The number of carbonyl (C=O) groups excluding carboxylic acids is 1. The van der Waals surface area contributed by atoms with Crippen molar-refractivity contribution in [2.24, 2.45) is 0 Å². The van der Waals surface area contributed by atoms with Crippen molar-refractivity contribution in [3.63, 3.8) is 0 Å². The Bertz CT molecular complexity index is 462. The first-order valence-corrected chi connectivity index (χ1v) is 5.09. The second kappa shape index (κ2) is 5.49. The number of halogens is 3. The number of hydrogen-bond donors (Lipinski definition) is 0.